The molecule has 0 aliphatic rings. The fourth-order valence-electron chi connectivity index (χ4n) is 2.95. The molecule has 0 radical (unpaired) electrons. The van der Waals surface area contributed by atoms with Crippen molar-refractivity contribution in [2.75, 3.05) is 21.3 Å². The Morgan fingerprint density at radius 3 is 2.31 bits per heavy atom. The highest BCUT2D eigenvalue weighted by atomic mass is 32.1. The number of hydrogen-bond donors (Lipinski definition) is 0. The second-order valence-corrected chi connectivity index (χ2v) is 6.56. The van der Waals surface area contributed by atoms with E-state index in [9.17, 15) is 4.79 Å². The van der Waals surface area contributed by atoms with Crippen LogP contribution in [0.5, 0.6) is 17.2 Å². The lowest BCUT2D eigenvalue weighted by Crippen LogP contribution is -2.09. The summed E-state index contributed by atoms with van der Waals surface area (Å²) in [6, 6.07) is 15.2. The van der Waals surface area contributed by atoms with Gasteiger partial charge in [0.25, 0.3) is 0 Å². The zero-order chi connectivity index (χ0) is 18.5. The molecule has 1 aromatic heterocycles. The first kappa shape index (κ1) is 18.0. The number of ketones is 1. The van der Waals surface area contributed by atoms with E-state index in [2.05, 4.69) is 0 Å². The van der Waals surface area contributed by atoms with Gasteiger partial charge in [0.1, 0.15) is 22.8 Å². The number of thiophene rings is 1. The molecule has 0 spiro atoms. The van der Waals surface area contributed by atoms with E-state index in [1.807, 2.05) is 53.9 Å². The third-order valence-corrected chi connectivity index (χ3v) is 5.06. The Bertz CT molecular complexity index is 900. The summed E-state index contributed by atoms with van der Waals surface area (Å²) < 4.78 is 16.4. The minimum absolute atomic E-state index is 0.0818. The summed E-state index contributed by atoms with van der Waals surface area (Å²) in [6.07, 6.45) is 0.199. The number of carbonyl (C=O) groups excluding carboxylic acids is 1. The Balaban J connectivity index is 2.07. The van der Waals surface area contributed by atoms with Gasteiger partial charge in [-0.25, -0.2) is 0 Å². The van der Waals surface area contributed by atoms with Crippen LogP contribution < -0.4 is 14.2 Å². The number of Topliss-reactive ketones (excluding diaryl/α,β-unsaturated/α-hetero) is 1. The average molecular weight is 368 g/mol. The molecule has 0 N–H and O–H groups in total. The Hall–Kier alpha value is -2.79. The van der Waals surface area contributed by atoms with Crippen LogP contribution in [0.2, 0.25) is 0 Å². The number of ether oxygens (including phenoxy) is 3. The van der Waals surface area contributed by atoms with Gasteiger partial charge in [-0.15, -0.1) is 11.3 Å². The van der Waals surface area contributed by atoms with E-state index in [0.29, 0.717) is 22.8 Å². The number of benzene rings is 2. The van der Waals surface area contributed by atoms with Gasteiger partial charge in [-0.05, 0) is 29.6 Å². The smallest absolute Gasteiger partial charge is 0.174 e. The van der Waals surface area contributed by atoms with E-state index >= 15 is 0 Å². The normalized spacial score (nSPS) is 10.4. The van der Waals surface area contributed by atoms with Crippen molar-refractivity contribution in [3.63, 3.8) is 0 Å². The Morgan fingerprint density at radius 1 is 0.885 bits per heavy atom. The maximum Gasteiger partial charge on any atom is 0.174 e. The summed E-state index contributed by atoms with van der Waals surface area (Å²) in [7, 11) is 4.73. The van der Waals surface area contributed by atoms with Crippen LogP contribution in [0.15, 0.2) is 53.9 Å². The van der Waals surface area contributed by atoms with Crippen LogP contribution in [0, 0.1) is 0 Å². The molecular weight excluding hydrogens is 348 g/mol. The molecule has 0 aliphatic heterocycles. The van der Waals surface area contributed by atoms with Crippen molar-refractivity contribution in [2.24, 2.45) is 0 Å². The van der Waals surface area contributed by atoms with Gasteiger partial charge in [-0.2, -0.15) is 0 Å². The minimum atomic E-state index is -0.0818. The predicted molar refractivity (Wildman–Crippen MR) is 104 cm³/mol. The molecule has 0 aliphatic carbocycles. The summed E-state index contributed by atoms with van der Waals surface area (Å²) in [5, 5.41) is 2.00. The minimum Gasteiger partial charge on any atom is -0.496 e. The highest BCUT2D eigenvalue weighted by Gasteiger charge is 2.23. The second kappa shape index (κ2) is 8.06. The standard InChI is InChI=1S/C21H20O4S/c1-23-17-8-5-4-7-14(17)13-16(22)20-18(24-2)11-10-15(21(20)25-3)19-9-6-12-26-19/h4-12H,13H2,1-3H3. The van der Waals surface area contributed by atoms with Gasteiger partial charge in [0.2, 0.25) is 0 Å². The third-order valence-electron chi connectivity index (χ3n) is 4.15. The van der Waals surface area contributed by atoms with Crippen LogP contribution in [0.3, 0.4) is 0 Å². The van der Waals surface area contributed by atoms with E-state index in [-0.39, 0.29) is 12.2 Å². The number of para-hydroxylation sites is 1. The topological polar surface area (TPSA) is 44.8 Å². The summed E-state index contributed by atoms with van der Waals surface area (Å²) >= 11 is 1.60. The van der Waals surface area contributed by atoms with Gasteiger partial charge in [-0.3, -0.25) is 4.79 Å². The van der Waals surface area contributed by atoms with Gasteiger partial charge >= 0.3 is 0 Å². The van der Waals surface area contributed by atoms with E-state index in [1.165, 1.54) is 0 Å². The van der Waals surface area contributed by atoms with E-state index in [4.69, 9.17) is 14.2 Å². The monoisotopic (exact) mass is 368 g/mol. The first-order valence-electron chi connectivity index (χ1n) is 8.13. The zero-order valence-corrected chi connectivity index (χ0v) is 15.8. The molecule has 0 saturated heterocycles. The fourth-order valence-corrected chi connectivity index (χ4v) is 3.70. The van der Waals surface area contributed by atoms with Gasteiger partial charge in [0.05, 0.1) is 21.3 Å². The quantitative estimate of drug-likeness (QED) is 0.558. The van der Waals surface area contributed by atoms with Crippen LogP contribution in [0.1, 0.15) is 15.9 Å². The molecule has 4 nitrogen and oxygen atoms in total. The molecule has 1 heterocycles. The van der Waals surface area contributed by atoms with Crippen LogP contribution in [0.4, 0.5) is 0 Å². The lowest BCUT2D eigenvalue weighted by molar-refractivity contribution is 0.0986. The molecular formula is C21H20O4S. The van der Waals surface area contributed by atoms with Crippen molar-refractivity contribution in [3.05, 3.63) is 65.0 Å². The lowest BCUT2D eigenvalue weighted by atomic mass is 9.97. The van der Waals surface area contributed by atoms with E-state index in [1.54, 1.807) is 32.7 Å². The first-order valence-corrected chi connectivity index (χ1v) is 9.01. The average Bonchev–Trinajstić information content (AvgIpc) is 3.21. The fraction of sp³-hybridized carbons (Fsp3) is 0.190. The number of rotatable bonds is 7. The Morgan fingerprint density at radius 2 is 1.65 bits per heavy atom. The molecule has 5 heteroatoms. The number of methoxy groups -OCH3 is 3. The van der Waals surface area contributed by atoms with Gasteiger partial charge in [0.15, 0.2) is 5.78 Å². The van der Waals surface area contributed by atoms with Crippen molar-refractivity contribution < 1.29 is 19.0 Å². The van der Waals surface area contributed by atoms with Gasteiger partial charge in [0, 0.05) is 22.4 Å². The molecule has 0 fully saturated rings. The molecule has 134 valence electrons. The van der Waals surface area contributed by atoms with Crippen molar-refractivity contribution in [1.29, 1.82) is 0 Å². The maximum absolute atomic E-state index is 13.2. The maximum atomic E-state index is 13.2. The zero-order valence-electron chi connectivity index (χ0n) is 14.9. The summed E-state index contributed by atoms with van der Waals surface area (Å²) in [5.41, 5.74) is 2.16. The molecule has 2 aromatic carbocycles. The molecule has 0 saturated carbocycles. The summed E-state index contributed by atoms with van der Waals surface area (Å²) in [5.74, 6) is 1.64. The largest absolute Gasteiger partial charge is 0.496 e. The van der Waals surface area contributed by atoms with E-state index in [0.717, 1.165) is 16.0 Å². The molecule has 0 atom stereocenters. The van der Waals surface area contributed by atoms with Crippen molar-refractivity contribution in [1.82, 2.24) is 0 Å². The van der Waals surface area contributed by atoms with E-state index < -0.39 is 0 Å². The molecule has 0 bridgehead atoms. The first-order chi connectivity index (χ1) is 12.7. The highest BCUT2D eigenvalue weighted by Crippen LogP contribution is 2.41. The lowest BCUT2D eigenvalue weighted by Gasteiger charge is -2.16. The summed E-state index contributed by atoms with van der Waals surface area (Å²) in [6.45, 7) is 0. The molecule has 0 unspecified atom stereocenters. The molecule has 0 amide bonds. The summed E-state index contributed by atoms with van der Waals surface area (Å²) in [4.78, 5) is 14.2. The second-order valence-electron chi connectivity index (χ2n) is 5.61. The van der Waals surface area contributed by atoms with Crippen LogP contribution in [-0.4, -0.2) is 27.1 Å². The SMILES string of the molecule is COc1ccccc1CC(=O)c1c(OC)ccc(-c2cccs2)c1OC. The van der Waals surface area contributed by atoms with Crippen LogP contribution >= 0.6 is 11.3 Å². The van der Waals surface area contributed by atoms with Crippen LogP contribution in [-0.2, 0) is 6.42 Å². The van der Waals surface area contributed by atoms with Gasteiger partial charge in [-0.1, -0.05) is 24.3 Å². The molecule has 3 aromatic rings. The van der Waals surface area contributed by atoms with Crippen LogP contribution in [0.25, 0.3) is 10.4 Å². The van der Waals surface area contributed by atoms with Crippen molar-refractivity contribution in [2.45, 2.75) is 6.42 Å². The molecule has 26 heavy (non-hydrogen) atoms. The highest BCUT2D eigenvalue weighted by molar-refractivity contribution is 7.13. The van der Waals surface area contributed by atoms with Crippen molar-refractivity contribution in [3.8, 4) is 27.7 Å². The van der Waals surface area contributed by atoms with Crippen molar-refractivity contribution >= 4 is 17.1 Å². The third kappa shape index (κ3) is 3.44. The number of carbonyl (C=O) groups is 1. The predicted octanol–water partition coefficient (Wildman–Crippen LogP) is 4.87. The Labute approximate surface area is 157 Å². The molecule has 3 rings (SSSR count). The number of hydrogen-bond acceptors (Lipinski definition) is 5. The van der Waals surface area contributed by atoms with Gasteiger partial charge < -0.3 is 14.2 Å². The Kier molecular flexibility index (Phi) is 5.58.